The van der Waals surface area contributed by atoms with Crippen LogP contribution in [0.1, 0.15) is 141 Å². The molecule has 2 saturated carbocycles. The van der Waals surface area contributed by atoms with Gasteiger partial charge in [0.05, 0.1) is 11.6 Å². The van der Waals surface area contributed by atoms with Crippen LogP contribution in [0.3, 0.4) is 0 Å². The van der Waals surface area contributed by atoms with Crippen LogP contribution in [-0.4, -0.2) is 6.61 Å². The highest BCUT2D eigenvalue weighted by molar-refractivity contribution is 6.32. The maximum absolute atomic E-state index is 14.4. The van der Waals surface area contributed by atoms with Crippen LogP contribution in [0.2, 0.25) is 5.02 Å². The normalized spacial score (nSPS) is 24.5. The van der Waals surface area contributed by atoms with Crippen molar-refractivity contribution in [1.29, 1.82) is 0 Å². The molecule has 0 amide bonds. The van der Waals surface area contributed by atoms with E-state index in [1.165, 1.54) is 122 Å². The van der Waals surface area contributed by atoms with Crippen molar-refractivity contribution in [2.24, 2.45) is 23.7 Å². The van der Waals surface area contributed by atoms with Gasteiger partial charge in [-0.3, -0.25) is 0 Å². The van der Waals surface area contributed by atoms with E-state index >= 15 is 0 Å². The molecule has 1 aromatic rings. The van der Waals surface area contributed by atoms with Crippen molar-refractivity contribution in [1.82, 2.24) is 0 Å². The summed E-state index contributed by atoms with van der Waals surface area (Å²) >= 11 is 6.25. The molecule has 2 aliphatic rings. The lowest BCUT2D eigenvalue weighted by Gasteiger charge is -2.31. The third kappa shape index (κ3) is 10.9. The standard InChI is InChI=1S/C34H54ClFO/c1-3-5-6-7-8-9-10-11-12-27-13-15-28(16-14-27)17-18-29-19-21-30(22-20-29)23-24-31-25-26-32(37-4-2)34(36)33(31)35/h23-30H,3-22H2,1-2H3. The molecule has 2 fully saturated rings. The summed E-state index contributed by atoms with van der Waals surface area (Å²) in [6.07, 6.45) is 31.3. The average molecular weight is 533 g/mol. The zero-order chi connectivity index (χ0) is 26.3. The lowest BCUT2D eigenvalue weighted by Crippen LogP contribution is -2.17. The molecule has 0 unspecified atom stereocenters. The molecule has 0 spiro atoms. The summed E-state index contributed by atoms with van der Waals surface area (Å²) < 4.78 is 19.7. The molecule has 0 bridgehead atoms. The Bertz CT molecular complexity index is 774. The first kappa shape index (κ1) is 30.5. The Morgan fingerprint density at radius 3 is 1.89 bits per heavy atom. The van der Waals surface area contributed by atoms with Crippen LogP contribution in [-0.2, 0) is 0 Å². The molecule has 1 nitrogen and oxygen atoms in total. The van der Waals surface area contributed by atoms with E-state index in [4.69, 9.17) is 16.3 Å². The van der Waals surface area contributed by atoms with Gasteiger partial charge in [-0.05, 0) is 74.0 Å². The van der Waals surface area contributed by atoms with Crippen LogP contribution in [0.5, 0.6) is 5.75 Å². The van der Waals surface area contributed by atoms with Gasteiger partial charge in [-0.2, -0.15) is 0 Å². The molecule has 0 saturated heterocycles. The summed E-state index contributed by atoms with van der Waals surface area (Å²) in [6.45, 7) is 4.58. The maximum Gasteiger partial charge on any atom is 0.184 e. The van der Waals surface area contributed by atoms with Gasteiger partial charge >= 0.3 is 0 Å². The Morgan fingerprint density at radius 2 is 1.30 bits per heavy atom. The van der Waals surface area contributed by atoms with Crippen LogP contribution in [0.25, 0.3) is 6.08 Å². The van der Waals surface area contributed by atoms with Crippen LogP contribution >= 0.6 is 11.6 Å². The predicted octanol–water partition coefficient (Wildman–Crippen LogP) is 11.8. The van der Waals surface area contributed by atoms with E-state index in [-0.39, 0.29) is 10.8 Å². The van der Waals surface area contributed by atoms with Gasteiger partial charge in [0.1, 0.15) is 0 Å². The molecule has 0 heterocycles. The van der Waals surface area contributed by atoms with Crippen molar-refractivity contribution in [3.63, 3.8) is 0 Å². The molecule has 0 aliphatic heterocycles. The lowest BCUT2D eigenvalue weighted by molar-refractivity contribution is 0.219. The molecule has 2 aliphatic carbocycles. The van der Waals surface area contributed by atoms with Gasteiger partial charge in [-0.15, -0.1) is 0 Å². The number of hydrogen-bond donors (Lipinski definition) is 0. The third-order valence-electron chi connectivity index (χ3n) is 9.23. The number of ether oxygens (including phenoxy) is 1. The molecule has 0 N–H and O–H groups in total. The number of unbranched alkanes of at least 4 members (excludes halogenated alkanes) is 7. The quantitative estimate of drug-likeness (QED) is 0.192. The minimum Gasteiger partial charge on any atom is -0.491 e. The monoisotopic (exact) mass is 532 g/mol. The zero-order valence-electron chi connectivity index (χ0n) is 23.9. The van der Waals surface area contributed by atoms with Crippen molar-refractivity contribution in [2.45, 2.75) is 136 Å². The second kappa shape index (κ2) is 17.5. The second-order valence-electron chi connectivity index (χ2n) is 12.1. The minimum atomic E-state index is -0.448. The molecule has 3 rings (SSSR count). The van der Waals surface area contributed by atoms with Gasteiger partial charge in [0.25, 0.3) is 0 Å². The first-order valence-electron chi connectivity index (χ1n) is 15.9. The smallest absolute Gasteiger partial charge is 0.184 e. The maximum atomic E-state index is 14.4. The lowest BCUT2D eigenvalue weighted by atomic mass is 9.75. The van der Waals surface area contributed by atoms with Crippen molar-refractivity contribution in [3.05, 3.63) is 34.6 Å². The van der Waals surface area contributed by atoms with Crippen molar-refractivity contribution in [2.75, 3.05) is 6.61 Å². The Balaban J connectivity index is 1.25. The number of rotatable bonds is 16. The summed E-state index contributed by atoms with van der Waals surface area (Å²) in [5.74, 6) is 3.30. The van der Waals surface area contributed by atoms with Gasteiger partial charge in [-0.1, -0.05) is 127 Å². The molecular formula is C34H54ClFO. The molecule has 0 radical (unpaired) electrons. The summed E-state index contributed by atoms with van der Waals surface area (Å²) in [4.78, 5) is 0. The fourth-order valence-electron chi connectivity index (χ4n) is 6.70. The first-order chi connectivity index (χ1) is 18.1. The molecule has 37 heavy (non-hydrogen) atoms. The van der Waals surface area contributed by atoms with Crippen LogP contribution < -0.4 is 4.74 Å². The summed E-state index contributed by atoms with van der Waals surface area (Å²) in [5.41, 5.74) is 0.753. The Labute approximate surface area is 233 Å². The predicted molar refractivity (Wildman–Crippen MR) is 159 cm³/mol. The molecular weight excluding hydrogens is 479 g/mol. The van der Waals surface area contributed by atoms with Gasteiger partial charge in [0, 0.05) is 0 Å². The van der Waals surface area contributed by atoms with Crippen LogP contribution in [0.15, 0.2) is 18.2 Å². The molecule has 0 atom stereocenters. The van der Waals surface area contributed by atoms with Crippen molar-refractivity contribution < 1.29 is 9.13 Å². The fourth-order valence-corrected chi connectivity index (χ4v) is 6.92. The number of allylic oxidation sites excluding steroid dienone is 1. The third-order valence-corrected chi connectivity index (χ3v) is 9.62. The Kier molecular flexibility index (Phi) is 14.5. The van der Waals surface area contributed by atoms with Gasteiger partial charge in [-0.25, -0.2) is 4.39 Å². The highest BCUT2D eigenvalue weighted by Gasteiger charge is 2.24. The van der Waals surface area contributed by atoms with Crippen molar-refractivity contribution >= 4 is 17.7 Å². The topological polar surface area (TPSA) is 9.23 Å². The van der Waals surface area contributed by atoms with E-state index in [2.05, 4.69) is 13.0 Å². The highest BCUT2D eigenvalue weighted by atomic mass is 35.5. The van der Waals surface area contributed by atoms with Crippen molar-refractivity contribution in [3.8, 4) is 5.75 Å². The molecule has 1 aromatic carbocycles. The van der Waals surface area contributed by atoms with Gasteiger partial charge < -0.3 is 4.74 Å². The highest BCUT2D eigenvalue weighted by Crippen LogP contribution is 2.38. The van der Waals surface area contributed by atoms with E-state index in [1.54, 1.807) is 6.07 Å². The molecule has 3 heteroatoms. The number of benzene rings is 1. The summed E-state index contributed by atoms with van der Waals surface area (Å²) in [5, 5.41) is 0.170. The van der Waals surface area contributed by atoms with Crippen LogP contribution in [0.4, 0.5) is 4.39 Å². The Morgan fingerprint density at radius 1 is 0.757 bits per heavy atom. The van der Waals surface area contributed by atoms with Gasteiger partial charge in [0.15, 0.2) is 11.6 Å². The minimum absolute atomic E-state index is 0.170. The second-order valence-corrected chi connectivity index (χ2v) is 12.5. The molecule has 210 valence electrons. The van der Waals surface area contributed by atoms with Crippen LogP contribution in [0, 0.1) is 29.5 Å². The zero-order valence-corrected chi connectivity index (χ0v) is 24.7. The fraction of sp³-hybridized carbons (Fsp3) is 0.765. The van der Waals surface area contributed by atoms with E-state index in [0.29, 0.717) is 12.5 Å². The Hall–Kier alpha value is -1.02. The SMILES string of the molecule is CCCCCCCCCCC1CCC(CCC2CCC(C=Cc3ccc(OCC)c(F)c3Cl)CC2)CC1. The number of hydrogen-bond acceptors (Lipinski definition) is 1. The van der Waals surface area contributed by atoms with Gasteiger partial charge in [0.2, 0.25) is 0 Å². The van der Waals surface area contributed by atoms with E-state index in [0.717, 1.165) is 23.3 Å². The first-order valence-corrected chi connectivity index (χ1v) is 16.3. The van der Waals surface area contributed by atoms with E-state index in [1.807, 2.05) is 19.1 Å². The summed E-state index contributed by atoms with van der Waals surface area (Å²) in [7, 11) is 0. The van der Waals surface area contributed by atoms with E-state index < -0.39 is 5.82 Å². The van der Waals surface area contributed by atoms with E-state index in [9.17, 15) is 4.39 Å². The number of halogens is 2. The largest absolute Gasteiger partial charge is 0.491 e. The summed E-state index contributed by atoms with van der Waals surface area (Å²) in [6, 6.07) is 3.55. The molecule has 0 aromatic heterocycles. The average Bonchev–Trinajstić information content (AvgIpc) is 2.92.